The maximum Gasteiger partial charge on any atom is 0.251 e. The number of ketones is 1. The van der Waals surface area contributed by atoms with Crippen LogP contribution in [0.15, 0.2) is 53.5 Å². The number of nitrogens with one attached hydrogen (secondary N) is 1. The Morgan fingerprint density at radius 3 is 2.46 bits per heavy atom. The van der Waals surface area contributed by atoms with Crippen molar-refractivity contribution in [2.24, 2.45) is 0 Å². The molecule has 0 radical (unpaired) electrons. The van der Waals surface area contributed by atoms with Crippen LogP contribution in [0.3, 0.4) is 0 Å². The Hall–Kier alpha value is -3.08. The lowest BCUT2D eigenvalue weighted by Gasteiger charge is -2.12. The lowest BCUT2D eigenvalue weighted by atomic mass is 9.93. The molecule has 0 aliphatic carbocycles. The van der Waals surface area contributed by atoms with E-state index >= 15 is 0 Å². The molecule has 1 atom stereocenters. The van der Waals surface area contributed by atoms with E-state index in [-0.39, 0.29) is 23.0 Å². The molecule has 0 spiro atoms. The van der Waals surface area contributed by atoms with E-state index in [1.54, 1.807) is 13.1 Å². The fourth-order valence-electron chi connectivity index (χ4n) is 2.95. The van der Waals surface area contributed by atoms with Crippen molar-refractivity contribution in [2.75, 3.05) is 0 Å². The van der Waals surface area contributed by atoms with Crippen LogP contribution in [0.5, 0.6) is 0 Å². The zero-order valence-electron chi connectivity index (χ0n) is 15.1. The molecule has 5 nitrogen and oxygen atoms in total. The quantitative estimate of drug-likeness (QED) is 0.712. The van der Waals surface area contributed by atoms with Crippen molar-refractivity contribution in [1.82, 2.24) is 15.0 Å². The van der Waals surface area contributed by atoms with Crippen molar-refractivity contribution < 1.29 is 4.79 Å². The molecule has 1 N–H and O–H groups in total. The molecule has 3 aromatic rings. The first-order chi connectivity index (χ1) is 12.4. The standard InChI is InChI=1S/C21H21N3O2/c1-13(10-20(25)19-12-21(26)24-15(3)23-19)16-4-6-17(7-5-16)18-8-9-22-14(2)11-18/h4-9,11-13H,10H2,1-3H3,(H,23,24,26)/t13-/m0/s1. The summed E-state index contributed by atoms with van der Waals surface area (Å²) in [6, 6.07) is 13.5. The van der Waals surface area contributed by atoms with Crippen LogP contribution in [0.2, 0.25) is 0 Å². The molecule has 0 saturated carbocycles. The summed E-state index contributed by atoms with van der Waals surface area (Å²) < 4.78 is 0. The number of Topliss-reactive ketones (excluding diaryl/α,β-unsaturated/α-hetero) is 1. The lowest BCUT2D eigenvalue weighted by Crippen LogP contribution is -2.15. The summed E-state index contributed by atoms with van der Waals surface area (Å²) in [5, 5.41) is 0. The minimum absolute atomic E-state index is 0.0390. The molecular weight excluding hydrogens is 326 g/mol. The second-order valence-corrected chi connectivity index (χ2v) is 6.55. The average molecular weight is 347 g/mol. The van der Waals surface area contributed by atoms with Gasteiger partial charge in [-0.25, -0.2) is 4.98 Å². The van der Waals surface area contributed by atoms with Crippen molar-refractivity contribution in [3.8, 4) is 11.1 Å². The molecule has 0 unspecified atom stereocenters. The van der Waals surface area contributed by atoms with Crippen LogP contribution in [0.25, 0.3) is 11.1 Å². The summed E-state index contributed by atoms with van der Waals surface area (Å²) >= 11 is 0. The number of carbonyl (C=O) groups is 1. The van der Waals surface area contributed by atoms with Gasteiger partial charge < -0.3 is 4.98 Å². The number of rotatable bonds is 5. The fourth-order valence-corrected chi connectivity index (χ4v) is 2.95. The zero-order valence-corrected chi connectivity index (χ0v) is 15.1. The molecule has 0 saturated heterocycles. The Bertz CT molecular complexity index is 991. The van der Waals surface area contributed by atoms with Crippen molar-refractivity contribution in [1.29, 1.82) is 0 Å². The van der Waals surface area contributed by atoms with Crippen LogP contribution in [0.1, 0.15) is 46.8 Å². The van der Waals surface area contributed by atoms with Gasteiger partial charge in [-0.2, -0.15) is 0 Å². The average Bonchev–Trinajstić information content (AvgIpc) is 2.61. The molecule has 1 aromatic carbocycles. The molecule has 0 fully saturated rings. The molecule has 132 valence electrons. The highest BCUT2D eigenvalue weighted by Crippen LogP contribution is 2.25. The van der Waals surface area contributed by atoms with Crippen molar-refractivity contribution >= 4 is 5.78 Å². The highest BCUT2D eigenvalue weighted by molar-refractivity contribution is 5.94. The number of hydrogen-bond donors (Lipinski definition) is 1. The molecule has 0 bridgehead atoms. The van der Waals surface area contributed by atoms with Gasteiger partial charge in [0.2, 0.25) is 0 Å². The molecule has 5 heteroatoms. The van der Waals surface area contributed by atoms with Gasteiger partial charge in [0.25, 0.3) is 5.56 Å². The van der Waals surface area contributed by atoms with Crippen molar-refractivity contribution in [3.63, 3.8) is 0 Å². The van der Waals surface area contributed by atoms with Crippen LogP contribution in [0.4, 0.5) is 0 Å². The van der Waals surface area contributed by atoms with E-state index < -0.39 is 0 Å². The number of nitrogens with zero attached hydrogens (tertiary/aromatic N) is 2. The smallest absolute Gasteiger partial charge is 0.251 e. The number of hydrogen-bond acceptors (Lipinski definition) is 4. The van der Waals surface area contributed by atoms with Crippen LogP contribution in [0, 0.1) is 13.8 Å². The summed E-state index contributed by atoms with van der Waals surface area (Å²) in [5.74, 6) is 0.364. The van der Waals surface area contributed by atoms with Gasteiger partial charge in [-0.05, 0) is 48.6 Å². The maximum atomic E-state index is 12.4. The van der Waals surface area contributed by atoms with Crippen LogP contribution >= 0.6 is 0 Å². The van der Waals surface area contributed by atoms with E-state index in [2.05, 4.69) is 27.1 Å². The predicted molar refractivity (Wildman–Crippen MR) is 101 cm³/mol. The number of benzene rings is 1. The number of pyridine rings is 1. The number of aryl methyl sites for hydroxylation is 2. The third-order valence-corrected chi connectivity index (χ3v) is 4.35. The first-order valence-corrected chi connectivity index (χ1v) is 8.56. The third kappa shape index (κ3) is 4.11. The maximum absolute atomic E-state index is 12.4. The molecule has 0 amide bonds. The van der Waals surface area contributed by atoms with Crippen molar-refractivity contribution in [2.45, 2.75) is 33.1 Å². The Kier molecular flexibility index (Phi) is 5.07. The summed E-state index contributed by atoms with van der Waals surface area (Å²) in [6.07, 6.45) is 2.11. The minimum atomic E-state index is -0.300. The van der Waals surface area contributed by atoms with E-state index in [0.29, 0.717) is 12.2 Å². The number of H-pyrrole nitrogens is 1. The molecule has 26 heavy (non-hydrogen) atoms. The lowest BCUT2D eigenvalue weighted by molar-refractivity contribution is 0.0970. The largest absolute Gasteiger partial charge is 0.311 e. The normalized spacial score (nSPS) is 12.0. The van der Waals surface area contributed by atoms with E-state index in [1.807, 2.05) is 38.1 Å². The Balaban J connectivity index is 1.74. The Labute approximate surface area is 152 Å². The Morgan fingerprint density at radius 2 is 1.81 bits per heavy atom. The van der Waals surface area contributed by atoms with E-state index in [1.165, 1.54) is 6.07 Å². The summed E-state index contributed by atoms with van der Waals surface area (Å²) in [7, 11) is 0. The van der Waals surface area contributed by atoms with Gasteiger partial charge in [0.15, 0.2) is 5.78 Å². The van der Waals surface area contributed by atoms with Gasteiger partial charge in [0, 0.05) is 24.4 Å². The Morgan fingerprint density at radius 1 is 1.08 bits per heavy atom. The zero-order chi connectivity index (χ0) is 18.7. The van der Waals surface area contributed by atoms with Crippen LogP contribution in [-0.4, -0.2) is 20.7 Å². The third-order valence-electron chi connectivity index (χ3n) is 4.35. The van der Waals surface area contributed by atoms with Gasteiger partial charge in [-0.1, -0.05) is 31.2 Å². The molecule has 0 aliphatic heterocycles. The van der Waals surface area contributed by atoms with Crippen LogP contribution in [-0.2, 0) is 0 Å². The molecule has 0 aliphatic rings. The molecule has 3 rings (SSSR count). The highest BCUT2D eigenvalue weighted by Gasteiger charge is 2.15. The van der Waals surface area contributed by atoms with E-state index in [4.69, 9.17) is 0 Å². The fraction of sp³-hybridized carbons (Fsp3) is 0.238. The topological polar surface area (TPSA) is 75.7 Å². The summed E-state index contributed by atoms with van der Waals surface area (Å²) in [4.78, 5) is 34.9. The number of aromatic amines is 1. The van der Waals surface area contributed by atoms with Crippen LogP contribution < -0.4 is 5.56 Å². The summed E-state index contributed by atoms with van der Waals surface area (Å²) in [5.41, 5.74) is 4.22. The monoisotopic (exact) mass is 347 g/mol. The summed E-state index contributed by atoms with van der Waals surface area (Å²) in [6.45, 7) is 5.64. The van der Waals surface area contributed by atoms with Gasteiger partial charge in [-0.3, -0.25) is 14.6 Å². The highest BCUT2D eigenvalue weighted by atomic mass is 16.1. The SMILES string of the molecule is Cc1cc(-c2ccc([C@@H](C)CC(=O)c3cc(=O)[nH]c(C)n3)cc2)ccn1. The first kappa shape index (κ1) is 17.7. The first-order valence-electron chi connectivity index (χ1n) is 8.56. The molecular formula is C21H21N3O2. The molecule has 2 heterocycles. The van der Waals surface area contributed by atoms with Gasteiger partial charge >= 0.3 is 0 Å². The second kappa shape index (κ2) is 7.44. The van der Waals surface area contributed by atoms with Gasteiger partial charge in [0.05, 0.1) is 0 Å². The van der Waals surface area contributed by atoms with Gasteiger partial charge in [0.1, 0.15) is 11.5 Å². The van der Waals surface area contributed by atoms with Gasteiger partial charge in [-0.15, -0.1) is 0 Å². The van der Waals surface area contributed by atoms with Crippen molar-refractivity contribution in [3.05, 3.63) is 81.8 Å². The predicted octanol–water partition coefficient (Wildman–Crippen LogP) is 3.83. The number of aromatic nitrogens is 3. The minimum Gasteiger partial charge on any atom is -0.311 e. The second-order valence-electron chi connectivity index (χ2n) is 6.55. The number of carbonyl (C=O) groups excluding carboxylic acids is 1. The molecule has 2 aromatic heterocycles. The van der Waals surface area contributed by atoms with E-state index in [0.717, 1.165) is 22.4 Å². The van der Waals surface area contributed by atoms with E-state index in [9.17, 15) is 9.59 Å².